The van der Waals surface area contributed by atoms with Gasteiger partial charge in [-0.15, -0.1) is 0 Å². The fourth-order valence-electron chi connectivity index (χ4n) is 1.84. The Morgan fingerprint density at radius 1 is 0.737 bits per heavy atom. The van der Waals surface area contributed by atoms with Crippen LogP contribution in [-0.4, -0.2) is 12.6 Å². The van der Waals surface area contributed by atoms with Crippen molar-refractivity contribution in [3.63, 3.8) is 0 Å². The van der Waals surface area contributed by atoms with Gasteiger partial charge in [0.2, 0.25) is 0 Å². The maximum Gasteiger partial charge on any atom is 0.131 e. The summed E-state index contributed by atoms with van der Waals surface area (Å²) in [6.07, 6.45) is 2.32. The number of carbonyl (C=O) groups is 2. The Kier molecular flexibility index (Phi) is 4.45. The normalized spacial score (nSPS) is 9.89. The van der Waals surface area contributed by atoms with Gasteiger partial charge in [-0.05, 0) is 12.1 Å². The molecule has 0 saturated carbocycles. The molecule has 0 bridgehead atoms. The van der Waals surface area contributed by atoms with Crippen LogP contribution in [0.5, 0.6) is 11.5 Å². The van der Waals surface area contributed by atoms with Crippen molar-refractivity contribution in [2.45, 2.75) is 12.8 Å². The number of benzene rings is 2. The molecule has 0 spiro atoms. The van der Waals surface area contributed by atoms with Crippen LogP contribution in [0.4, 0.5) is 0 Å². The summed E-state index contributed by atoms with van der Waals surface area (Å²) in [6, 6.07) is 14.8. The summed E-state index contributed by atoms with van der Waals surface area (Å²) in [5.41, 5.74) is 1.66. The highest BCUT2D eigenvalue weighted by molar-refractivity contribution is 5.59. The van der Waals surface area contributed by atoms with E-state index in [1.165, 1.54) is 0 Å². The van der Waals surface area contributed by atoms with E-state index in [0.29, 0.717) is 24.3 Å². The lowest BCUT2D eigenvalue weighted by molar-refractivity contribution is -0.108. The number of carbonyl (C=O) groups excluding carboxylic acids is 2. The molecule has 0 fully saturated rings. The zero-order valence-corrected chi connectivity index (χ0v) is 10.4. The number of ether oxygens (including phenoxy) is 1. The van der Waals surface area contributed by atoms with E-state index < -0.39 is 0 Å². The third-order valence-corrected chi connectivity index (χ3v) is 2.77. The standard InChI is InChI=1S/C16H14O3/c17-11-9-13-5-1-3-7-15(13)19-16-8-4-2-6-14(16)10-12-18/h1-8,11-12H,9-10H2. The predicted octanol–water partition coefficient (Wildman–Crippen LogP) is 2.96. The van der Waals surface area contributed by atoms with Crippen LogP contribution < -0.4 is 4.74 Å². The lowest BCUT2D eigenvalue weighted by atomic mass is 10.1. The van der Waals surface area contributed by atoms with Gasteiger partial charge in [0.05, 0.1) is 0 Å². The Bertz CT molecular complexity index is 524. The third kappa shape index (κ3) is 3.28. The molecule has 0 amide bonds. The van der Waals surface area contributed by atoms with E-state index in [1.807, 2.05) is 48.5 Å². The fourth-order valence-corrected chi connectivity index (χ4v) is 1.84. The molecule has 0 atom stereocenters. The highest BCUT2D eigenvalue weighted by Gasteiger charge is 2.07. The molecule has 0 aliphatic carbocycles. The van der Waals surface area contributed by atoms with E-state index in [-0.39, 0.29) is 0 Å². The van der Waals surface area contributed by atoms with Gasteiger partial charge < -0.3 is 14.3 Å². The topological polar surface area (TPSA) is 43.4 Å². The van der Waals surface area contributed by atoms with E-state index in [1.54, 1.807) is 0 Å². The van der Waals surface area contributed by atoms with Crippen LogP contribution in [0, 0.1) is 0 Å². The van der Waals surface area contributed by atoms with Gasteiger partial charge in [0.1, 0.15) is 24.1 Å². The summed E-state index contributed by atoms with van der Waals surface area (Å²) in [5.74, 6) is 1.29. The van der Waals surface area contributed by atoms with Crippen molar-refractivity contribution < 1.29 is 14.3 Å². The molecule has 19 heavy (non-hydrogen) atoms. The first-order valence-electron chi connectivity index (χ1n) is 6.06. The molecule has 0 heterocycles. The Morgan fingerprint density at radius 3 is 1.58 bits per heavy atom. The van der Waals surface area contributed by atoms with Crippen LogP contribution in [0.3, 0.4) is 0 Å². The minimum atomic E-state index is 0.312. The largest absolute Gasteiger partial charge is 0.457 e. The van der Waals surface area contributed by atoms with Crippen molar-refractivity contribution >= 4 is 12.6 Å². The molecule has 2 aromatic rings. The molecule has 0 aliphatic heterocycles. The van der Waals surface area contributed by atoms with Crippen LogP contribution in [0.15, 0.2) is 48.5 Å². The smallest absolute Gasteiger partial charge is 0.131 e. The van der Waals surface area contributed by atoms with Crippen molar-refractivity contribution in [3.8, 4) is 11.5 Å². The summed E-state index contributed by atoms with van der Waals surface area (Å²) < 4.78 is 5.83. The summed E-state index contributed by atoms with van der Waals surface area (Å²) in [6.45, 7) is 0. The van der Waals surface area contributed by atoms with Gasteiger partial charge in [-0.3, -0.25) is 0 Å². The molecule has 0 unspecified atom stereocenters. The molecule has 2 aromatic carbocycles. The first-order chi connectivity index (χ1) is 9.35. The Balaban J connectivity index is 2.30. The highest BCUT2D eigenvalue weighted by atomic mass is 16.5. The number of rotatable bonds is 6. The number of hydrogen-bond donors (Lipinski definition) is 0. The minimum Gasteiger partial charge on any atom is -0.457 e. The first kappa shape index (κ1) is 13.0. The molecule has 0 radical (unpaired) electrons. The number of aldehydes is 2. The second kappa shape index (κ2) is 6.50. The van der Waals surface area contributed by atoms with E-state index in [9.17, 15) is 9.59 Å². The molecular formula is C16H14O3. The lowest BCUT2D eigenvalue weighted by Crippen LogP contribution is -1.96. The molecule has 0 aromatic heterocycles. The van der Waals surface area contributed by atoms with Crippen molar-refractivity contribution in [1.29, 1.82) is 0 Å². The van der Waals surface area contributed by atoms with E-state index in [4.69, 9.17) is 4.74 Å². The molecule has 3 heteroatoms. The Hall–Kier alpha value is -2.42. The molecule has 0 N–H and O–H groups in total. The van der Waals surface area contributed by atoms with E-state index >= 15 is 0 Å². The predicted molar refractivity (Wildman–Crippen MR) is 72.5 cm³/mol. The molecule has 2 rings (SSSR count). The molecule has 0 aliphatic rings. The summed E-state index contributed by atoms with van der Waals surface area (Å²) in [7, 11) is 0. The zero-order chi connectivity index (χ0) is 13.5. The van der Waals surface area contributed by atoms with Crippen molar-refractivity contribution in [1.82, 2.24) is 0 Å². The summed E-state index contributed by atoms with van der Waals surface area (Å²) >= 11 is 0. The second-order valence-electron chi connectivity index (χ2n) is 4.06. The molecule has 0 saturated heterocycles. The van der Waals surface area contributed by atoms with Gasteiger partial charge in [-0.25, -0.2) is 0 Å². The van der Waals surface area contributed by atoms with E-state index in [2.05, 4.69) is 0 Å². The molecule has 3 nitrogen and oxygen atoms in total. The van der Waals surface area contributed by atoms with Gasteiger partial charge in [-0.2, -0.15) is 0 Å². The molecule has 96 valence electrons. The van der Waals surface area contributed by atoms with Gasteiger partial charge in [0, 0.05) is 24.0 Å². The Labute approximate surface area is 111 Å². The van der Waals surface area contributed by atoms with Crippen LogP contribution in [0.1, 0.15) is 11.1 Å². The van der Waals surface area contributed by atoms with Crippen LogP contribution in [0.2, 0.25) is 0 Å². The van der Waals surface area contributed by atoms with Crippen LogP contribution >= 0.6 is 0 Å². The van der Waals surface area contributed by atoms with Gasteiger partial charge in [0.25, 0.3) is 0 Å². The Morgan fingerprint density at radius 2 is 1.16 bits per heavy atom. The molecular weight excluding hydrogens is 240 g/mol. The zero-order valence-electron chi connectivity index (χ0n) is 10.4. The first-order valence-corrected chi connectivity index (χ1v) is 6.06. The fraction of sp³-hybridized carbons (Fsp3) is 0.125. The van der Waals surface area contributed by atoms with Gasteiger partial charge >= 0.3 is 0 Å². The number of hydrogen-bond acceptors (Lipinski definition) is 3. The van der Waals surface area contributed by atoms with Crippen molar-refractivity contribution in [2.24, 2.45) is 0 Å². The summed E-state index contributed by atoms with van der Waals surface area (Å²) in [5, 5.41) is 0. The third-order valence-electron chi connectivity index (χ3n) is 2.77. The SMILES string of the molecule is O=CCc1ccccc1Oc1ccccc1CC=O. The van der Waals surface area contributed by atoms with E-state index in [0.717, 1.165) is 23.7 Å². The monoisotopic (exact) mass is 254 g/mol. The van der Waals surface area contributed by atoms with Crippen molar-refractivity contribution in [3.05, 3.63) is 59.7 Å². The second-order valence-corrected chi connectivity index (χ2v) is 4.06. The maximum absolute atomic E-state index is 10.6. The number of para-hydroxylation sites is 2. The van der Waals surface area contributed by atoms with Gasteiger partial charge in [-0.1, -0.05) is 36.4 Å². The maximum atomic E-state index is 10.6. The lowest BCUT2D eigenvalue weighted by Gasteiger charge is -2.12. The average molecular weight is 254 g/mol. The minimum absolute atomic E-state index is 0.312. The van der Waals surface area contributed by atoms with Gasteiger partial charge in [0.15, 0.2) is 0 Å². The van der Waals surface area contributed by atoms with Crippen LogP contribution in [-0.2, 0) is 22.4 Å². The highest BCUT2D eigenvalue weighted by Crippen LogP contribution is 2.28. The summed E-state index contributed by atoms with van der Waals surface area (Å²) in [4.78, 5) is 21.3. The van der Waals surface area contributed by atoms with Crippen molar-refractivity contribution in [2.75, 3.05) is 0 Å². The quantitative estimate of drug-likeness (QED) is 0.744. The average Bonchev–Trinajstić information content (AvgIpc) is 2.44. The van der Waals surface area contributed by atoms with Crippen LogP contribution in [0.25, 0.3) is 0 Å².